The lowest BCUT2D eigenvalue weighted by atomic mass is 10.0. The Morgan fingerprint density at radius 1 is 0.920 bits per heavy atom. The smallest absolute Gasteiger partial charge is 0.326 e. The number of imidazole rings is 1. The molecule has 0 unspecified atom stereocenters. The number of ether oxygens (including phenoxy) is 2. The fraction of sp³-hybridized carbons (Fsp3) is 0.211. The molecule has 6 heteroatoms. The number of aromatic nitrogens is 2. The highest BCUT2D eigenvalue weighted by atomic mass is 16.5. The van der Waals surface area contributed by atoms with Gasteiger partial charge in [0, 0.05) is 11.1 Å². The van der Waals surface area contributed by atoms with Crippen LogP contribution in [0.1, 0.15) is 0 Å². The van der Waals surface area contributed by atoms with Gasteiger partial charge in [-0.3, -0.25) is 4.57 Å². The first-order valence-electron chi connectivity index (χ1n) is 7.90. The number of nitrogens with one attached hydrogen (secondary N) is 1. The van der Waals surface area contributed by atoms with Crippen LogP contribution in [0, 0.1) is 0 Å². The van der Waals surface area contributed by atoms with Crippen LogP contribution in [0.25, 0.3) is 22.5 Å². The first-order chi connectivity index (χ1) is 12.2. The highest BCUT2D eigenvalue weighted by Gasteiger charge is 2.17. The quantitative estimate of drug-likeness (QED) is 0.723. The SMILES string of the molecule is COc1ccc(-c2[nH]c(=O)n(CCO)c2-c2ccc(OC)cc2)cc1. The van der Waals surface area contributed by atoms with Gasteiger partial charge < -0.3 is 19.6 Å². The Bertz CT molecular complexity index is 893. The minimum absolute atomic E-state index is 0.122. The Morgan fingerprint density at radius 3 is 1.92 bits per heavy atom. The van der Waals surface area contributed by atoms with Crippen LogP contribution in [0.15, 0.2) is 53.3 Å². The first-order valence-corrected chi connectivity index (χ1v) is 7.90. The Labute approximate surface area is 145 Å². The molecule has 0 aliphatic heterocycles. The van der Waals surface area contributed by atoms with Crippen molar-refractivity contribution in [2.75, 3.05) is 20.8 Å². The molecule has 6 nitrogen and oxygen atoms in total. The number of methoxy groups -OCH3 is 2. The molecule has 130 valence electrons. The van der Waals surface area contributed by atoms with E-state index in [4.69, 9.17) is 9.47 Å². The number of rotatable bonds is 6. The summed E-state index contributed by atoms with van der Waals surface area (Å²) in [5.74, 6) is 1.48. The zero-order valence-corrected chi connectivity index (χ0v) is 14.2. The van der Waals surface area contributed by atoms with Crippen LogP contribution in [-0.2, 0) is 6.54 Å². The highest BCUT2D eigenvalue weighted by Crippen LogP contribution is 2.31. The molecule has 0 atom stereocenters. The van der Waals surface area contributed by atoms with Crippen molar-refractivity contribution in [3.63, 3.8) is 0 Å². The summed E-state index contributed by atoms with van der Waals surface area (Å²) in [6.07, 6.45) is 0. The summed E-state index contributed by atoms with van der Waals surface area (Å²) in [5.41, 5.74) is 2.89. The molecule has 1 heterocycles. The summed E-state index contributed by atoms with van der Waals surface area (Å²) >= 11 is 0. The van der Waals surface area contributed by atoms with Crippen molar-refractivity contribution in [2.45, 2.75) is 6.54 Å². The Hall–Kier alpha value is -2.99. The van der Waals surface area contributed by atoms with Crippen LogP contribution in [0.4, 0.5) is 0 Å². The number of H-pyrrole nitrogens is 1. The van der Waals surface area contributed by atoms with Crippen LogP contribution in [0.3, 0.4) is 0 Å². The van der Waals surface area contributed by atoms with Crippen molar-refractivity contribution in [1.29, 1.82) is 0 Å². The molecular weight excluding hydrogens is 320 g/mol. The first kappa shape index (κ1) is 16.9. The summed E-state index contributed by atoms with van der Waals surface area (Å²) in [4.78, 5) is 15.3. The molecule has 0 radical (unpaired) electrons. The Kier molecular flexibility index (Phi) is 4.90. The number of hydrogen-bond acceptors (Lipinski definition) is 4. The van der Waals surface area contributed by atoms with E-state index in [0.29, 0.717) is 5.69 Å². The maximum atomic E-state index is 12.4. The van der Waals surface area contributed by atoms with E-state index in [9.17, 15) is 9.90 Å². The molecular formula is C19H20N2O4. The second-order valence-electron chi connectivity index (χ2n) is 5.49. The lowest BCUT2D eigenvalue weighted by molar-refractivity contribution is 0.275. The normalized spacial score (nSPS) is 10.7. The van der Waals surface area contributed by atoms with E-state index in [1.165, 1.54) is 0 Å². The monoisotopic (exact) mass is 340 g/mol. The molecule has 3 aromatic rings. The van der Waals surface area contributed by atoms with Crippen LogP contribution in [0.5, 0.6) is 11.5 Å². The average Bonchev–Trinajstić information content (AvgIpc) is 2.99. The summed E-state index contributed by atoms with van der Waals surface area (Å²) in [7, 11) is 3.22. The van der Waals surface area contributed by atoms with Crippen LogP contribution in [-0.4, -0.2) is 35.5 Å². The molecule has 0 saturated carbocycles. The van der Waals surface area contributed by atoms with Crippen LogP contribution < -0.4 is 15.2 Å². The van der Waals surface area contributed by atoms with Gasteiger partial charge in [-0.25, -0.2) is 4.79 Å². The second-order valence-corrected chi connectivity index (χ2v) is 5.49. The molecule has 2 aromatic carbocycles. The third kappa shape index (κ3) is 3.29. The maximum absolute atomic E-state index is 12.4. The highest BCUT2D eigenvalue weighted by molar-refractivity contribution is 5.79. The van der Waals surface area contributed by atoms with E-state index in [-0.39, 0.29) is 18.8 Å². The Balaban J connectivity index is 2.17. The number of benzene rings is 2. The average molecular weight is 340 g/mol. The van der Waals surface area contributed by atoms with Crippen molar-refractivity contribution in [3.8, 4) is 34.0 Å². The van der Waals surface area contributed by atoms with Gasteiger partial charge in [-0.15, -0.1) is 0 Å². The number of aromatic amines is 1. The fourth-order valence-corrected chi connectivity index (χ4v) is 2.80. The molecule has 0 saturated heterocycles. The molecule has 3 rings (SSSR count). The Morgan fingerprint density at radius 2 is 1.44 bits per heavy atom. The van der Waals surface area contributed by atoms with E-state index in [0.717, 1.165) is 28.3 Å². The van der Waals surface area contributed by atoms with Gasteiger partial charge in [-0.05, 0) is 48.5 Å². The predicted octanol–water partition coefficient (Wildman–Crippen LogP) is 2.52. The molecule has 2 N–H and O–H groups in total. The van der Waals surface area contributed by atoms with Crippen molar-refractivity contribution in [3.05, 3.63) is 59.0 Å². The lowest BCUT2D eigenvalue weighted by Gasteiger charge is -2.10. The lowest BCUT2D eigenvalue weighted by Crippen LogP contribution is -2.19. The van der Waals surface area contributed by atoms with Gasteiger partial charge in [-0.2, -0.15) is 0 Å². The van der Waals surface area contributed by atoms with Crippen molar-refractivity contribution >= 4 is 0 Å². The third-order valence-corrected chi connectivity index (χ3v) is 4.05. The molecule has 1 aromatic heterocycles. The summed E-state index contributed by atoms with van der Waals surface area (Å²) < 4.78 is 11.9. The van der Waals surface area contributed by atoms with E-state index >= 15 is 0 Å². The minimum atomic E-state index is -0.259. The van der Waals surface area contributed by atoms with Gasteiger partial charge in [0.2, 0.25) is 0 Å². The van der Waals surface area contributed by atoms with Crippen molar-refractivity contribution < 1.29 is 14.6 Å². The van der Waals surface area contributed by atoms with Gasteiger partial charge in [0.05, 0.1) is 38.8 Å². The number of nitrogens with zero attached hydrogens (tertiary/aromatic N) is 1. The predicted molar refractivity (Wildman–Crippen MR) is 96.1 cm³/mol. The van der Waals surface area contributed by atoms with E-state index in [1.54, 1.807) is 18.8 Å². The summed E-state index contributed by atoms with van der Waals surface area (Å²) in [6, 6.07) is 14.9. The number of hydrogen-bond donors (Lipinski definition) is 2. The molecule has 0 fully saturated rings. The summed E-state index contributed by atoms with van der Waals surface area (Å²) in [6.45, 7) is 0.0931. The maximum Gasteiger partial charge on any atom is 0.326 e. The zero-order valence-electron chi connectivity index (χ0n) is 14.2. The molecule has 0 spiro atoms. The van der Waals surface area contributed by atoms with Crippen molar-refractivity contribution in [2.24, 2.45) is 0 Å². The van der Waals surface area contributed by atoms with Gasteiger partial charge in [0.15, 0.2) is 0 Å². The fourth-order valence-electron chi connectivity index (χ4n) is 2.80. The van der Waals surface area contributed by atoms with Gasteiger partial charge in [0.1, 0.15) is 11.5 Å². The minimum Gasteiger partial charge on any atom is -0.497 e. The van der Waals surface area contributed by atoms with E-state index < -0.39 is 0 Å². The van der Waals surface area contributed by atoms with E-state index in [2.05, 4.69) is 4.98 Å². The molecule has 0 aliphatic carbocycles. The standard InChI is InChI=1S/C19H20N2O4/c1-24-15-7-3-13(4-8-15)17-18(21(11-12-22)19(23)20-17)14-5-9-16(25-2)10-6-14/h3-10,22H,11-12H2,1-2H3,(H,20,23). The second kappa shape index (κ2) is 7.27. The zero-order chi connectivity index (χ0) is 17.8. The van der Waals surface area contributed by atoms with Crippen molar-refractivity contribution in [1.82, 2.24) is 9.55 Å². The molecule has 0 bridgehead atoms. The summed E-state index contributed by atoms with van der Waals surface area (Å²) in [5, 5.41) is 9.34. The molecule has 25 heavy (non-hydrogen) atoms. The largest absolute Gasteiger partial charge is 0.497 e. The topological polar surface area (TPSA) is 76.5 Å². The third-order valence-electron chi connectivity index (χ3n) is 4.05. The van der Waals surface area contributed by atoms with Crippen LogP contribution in [0.2, 0.25) is 0 Å². The van der Waals surface area contributed by atoms with E-state index in [1.807, 2.05) is 48.5 Å². The van der Waals surface area contributed by atoms with Gasteiger partial charge in [0.25, 0.3) is 0 Å². The molecule has 0 aliphatic rings. The molecule has 0 amide bonds. The van der Waals surface area contributed by atoms with Gasteiger partial charge in [-0.1, -0.05) is 0 Å². The number of aliphatic hydroxyl groups is 1. The van der Waals surface area contributed by atoms with Crippen LogP contribution >= 0.6 is 0 Å². The number of aliphatic hydroxyl groups excluding tert-OH is 1. The van der Waals surface area contributed by atoms with Gasteiger partial charge >= 0.3 is 5.69 Å².